The normalized spacial score (nSPS) is 14.6. The third kappa shape index (κ3) is 1.86. The maximum absolute atomic E-state index is 9.42. The van der Waals surface area contributed by atoms with Crippen molar-refractivity contribution in [3.8, 4) is 11.1 Å². The Morgan fingerprint density at radius 2 is 1.81 bits per heavy atom. The molecule has 2 N–H and O–H groups in total. The first-order valence-electron chi connectivity index (χ1n) is 6.98. The molecule has 0 aromatic heterocycles. The second-order valence-electron chi connectivity index (χ2n) is 5.32. The van der Waals surface area contributed by atoms with Crippen molar-refractivity contribution in [1.29, 1.82) is 0 Å². The highest BCUT2D eigenvalue weighted by atomic mass is 16.4. The average molecular weight is 273 g/mol. The summed E-state index contributed by atoms with van der Waals surface area (Å²) in [5, 5.41) is 18.8. The van der Waals surface area contributed by atoms with Crippen molar-refractivity contribution >= 4 is 30.6 Å². The van der Waals surface area contributed by atoms with Crippen molar-refractivity contribution in [3.05, 3.63) is 66.8 Å². The molecule has 5 heteroatoms. The Morgan fingerprint density at radius 3 is 2.67 bits per heavy atom. The zero-order valence-corrected chi connectivity index (χ0v) is 11.3. The Kier molecular flexibility index (Phi) is 2.77. The predicted molar refractivity (Wildman–Crippen MR) is 87.9 cm³/mol. The summed E-state index contributed by atoms with van der Waals surface area (Å²) in [5.41, 5.74) is 5.10. The molecule has 0 aliphatic carbocycles. The van der Waals surface area contributed by atoms with Gasteiger partial charge >= 0.3 is 14.0 Å². The molecule has 0 fully saturated rings. The molecule has 0 amide bonds. The van der Waals surface area contributed by atoms with Gasteiger partial charge in [0.15, 0.2) is 0 Å². The maximum atomic E-state index is 9.42. The summed E-state index contributed by atoms with van der Waals surface area (Å²) in [7, 11) is -1.45. The fraction of sp³-hybridized carbons (Fsp3) is 0. The molecule has 2 aromatic carbocycles. The molecule has 0 atom stereocenters. The molecule has 2 aliphatic rings. The first-order valence-corrected chi connectivity index (χ1v) is 6.98. The van der Waals surface area contributed by atoms with E-state index in [1.165, 1.54) is 11.0 Å². The Labute approximate surface area is 124 Å². The van der Waals surface area contributed by atoms with E-state index in [2.05, 4.69) is 29.0 Å². The largest absolute Gasteiger partial charge is 0.488 e. The molecule has 0 bridgehead atoms. The predicted octanol–water partition coefficient (Wildman–Crippen LogP) is 0.675. The summed E-state index contributed by atoms with van der Waals surface area (Å²) in [6, 6.07) is 13.9. The summed E-state index contributed by atoms with van der Waals surface area (Å²) in [6.07, 6.45) is 6.08. The van der Waals surface area contributed by atoms with E-state index in [1.807, 2.05) is 36.6 Å². The molecule has 0 radical (unpaired) electrons. The number of hydrogen-bond donors (Lipinski definition) is 2. The lowest BCUT2D eigenvalue weighted by Gasteiger charge is -2.36. The van der Waals surface area contributed by atoms with Crippen LogP contribution in [0.4, 0.5) is 5.69 Å². The number of benzene rings is 2. The van der Waals surface area contributed by atoms with Gasteiger partial charge in [0.05, 0.1) is 0 Å². The summed E-state index contributed by atoms with van der Waals surface area (Å²) in [6.45, 7) is 0.157. The van der Waals surface area contributed by atoms with Crippen LogP contribution >= 0.6 is 0 Å². The van der Waals surface area contributed by atoms with Gasteiger partial charge in [-0.25, -0.2) is 0 Å². The minimum Gasteiger partial charge on any atom is -0.423 e. The van der Waals surface area contributed by atoms with Gasteiger partial charge in [0.25, 0.3) is 0 Å². The van der Waals surface area contributed by atoms with Crippen molar-refractivity contribution in [2.24, 2.45) is 0 Å². The van der Waals surface area contributed by atoms with Crippen LogP contribution in [0.2, 0.25) is 0 Å². The van der Waals surface area contributed by atoms with E-state index in [-0.39, 0.29) is 6.85 Å². The van der Waals surface area contributed by atoms with Gasteiger partial charge in [-0.1, -0.05) is 48.4 Å². The minimum absolute atomic E-state index is 0.157. The third-order valence-corrected chi connectivity index (χ3v) is 4.12. The molecule has 21 heavy (non-hydrogen) atoms. The van der Waals surface area contributed by atoms with Crippen molar-refractivity contribution < 1.29 is 10.0 Å². The lowest BCUT2D eigenvalue weighted by atomic mass is 9.49. The molecular weight excluding hydrogens is 260 g/mol. The van der Waals surface area contributed by atoms with Crippen LogP contribution in [0.5, 0.6) is 0 Å². The monoisotopic (exact) mass is 273 g/mol. The number of nitrogens with zero attached hydrogens (tertiary/aromatic N) is 1. The molecule has 0 saturated heterocycles. The van der Waals surface area contributed by atoms with E-state index in [1.54, 1.807) is 6.07 Å². The van der Waals surface area contributed by atoms with Crippen molar-refractivity contribution in [1.82, 2.24) is 0 Å². The van der Waals surface area contributed by atoms with Crippen molar-refractivity contribution in [2.75, 3.05) is 4.81 Å². The van der Waals surface area contributed by atoms with Crippen molar-refractivity contribution in [3.63, 3.8) is 0 Å². The summed E-state index contributed by atoms with van der Waals surface area (Å²) in [5.74, 6) is 2.16. The molecule has 0 unspecified atom stereocenters. The second-order valence-corrected chi connectivity index (χ2v) is 5.32. The average Bonchev–Trinajstić information content (AvgIpc) is 2.54. The van der Waals surface area contributed by atoms with Crippen LogP contribution in [-0.4, -0.2) is 24.0 Å². The summed E-state index contributed by atoms with van der Waals surface area (Å²) >= 11 is 0. The molecule has 0 saturated carbocycles. The van der Waals surface area contributed by atoms with Crippen LogP contribution in [0.25, 0.3) is 11.1 Å². The van der Waals surface area contributed by atoms with Gasteiger partial charge in [0.1, 0.15) is 0 Å². The van der Waals surface area contributed by atoms with E-state index in [0.29, 0.717) is 5.46 Å². The van der Waals surface area contributed by atoms with E-state index in [9.17, 15) is 10.0 Å². The number of rotatable bonds is 1. The second kappa shape index (κ2) is 4.65. The molecule has 2 aliphatic heterocycles. The number of hydrogen-bond acceptors (Lipinski definition) is 3. The highest BCUT2D eigenvalue weighted by molar-refractivity contribution is 6.83. The Bertz CT molecular complexity index is 771. The highest BCUT2D eigenvalue weighted by Crippen LogP contribution is 2.35. The standard InChI is InChI=1S/C16H13B2NO2/c20-18(21)12-7-8-14-13-5-1-2-6-15(13)17-9-3-4-10-19(17)16(14)11-12/h1-11,20-21H. The quantitative estimate of drug-likeness (QED) is 0.751. The SMILES string of the molecule is OB(O)c1ccc2c(c1)N1C=CC=CB1c1ccccc1-2. The van der Waals surface area contributed by atoms with E-state index in [4.69, 9.17) is 0 Å². The fourth-order valence-electron chi connectivity index (χ4n) is 3.13. The van der Waals surface area contributed by atoms with Crippen LogP contribution in [0, 0.1) is 0 Å². The third-order valence-electron chi connectivity index (χ3n) is 4.12. The molecule has 100 valence electrons. The Hall–Kier alpha value is -2.23. The molecule has 2 heterocycles. The molecule has 3 nitrogen and oxygen atoms in total. The molecule has 4 rings (SSSR count). The van der Waals surface area contributed by atoms with Crippen LogP contribution < -0.4 is 15.7 Å². The van der Waals surface area contributed by atoms with Gasteiger partial charge in [0, 0.05) is 11.3 Å². The van der Waals surface area contributed by atoms with Gasteiger partial charge in [-0.3, -0.25) is 0 Å². The van der Waals surface area contributed by atoms with Crippen LogP contribution in [0.1, 0.15) is 0 Å². The maximum Gasteiger partial charge on any atom is 0.488 e. The van der Waals surface area contributed by atoms with Gasteiger partial charge in [-0.05, 0) is 34.8 Å². The van der Waals surface area contributed by atoms with E-state index in [0.717, 1.165) is 11.3 Å². The lowest BCUT2D eigenvalue weighted by molar-refractivity contribution is 0.426. The van der Waals surface area contributed by atoms with Crippen LogP contribution in [0.15, 0.2) is 66.8 Å². The Morgan fingerprint density at radius 1 is 0.952 bits per heavy atom. The van der Waals surface area contributed by atoms with Crippen LogP contribution in [-0.2, 0) is 0 Å². The van der Waals surface area contributed by atoms with Crippen molar-refractivity contribution in [2.45, 2.75) is 0 Å². The number of anilines is 1. The van der Waals surface area contributed by atoms with E-state index >= 15 is 0 Å². The van der Waals surface area contributed by atoms with Gasteiger partial charge < -0.3 is 14.9 Å². The number of fused-ring (bicyclic) bond motifs is 6. The fourth-order valence-corrected chi connectivity index (χ4v) is 3.13. The van der Waals surface area contributed by atoms with Crippen LogP contribution in [0.3, 0.4) is 0 Å². The van der Waals surface area contributed by atoms with E-state index < -0.39 is 7.12 Å². The Balaban J connectivity index is 1.99. The smallest absolute Gasteiger partial charge is 0.423 e. The first kappa shape index (κ1) is 12.5. The number of allylic oxidation sites excluding steroid dienone is 2. The minimum atomic E-state index is -1.45. The highest BCUT2D eigenvalue weighted by Gasteiger charge is 2.33. The van der Waals surface area contributed by atoms with Gasteiger partial charge in [-0.2, -0.15) is 0 Å². The summed E-state index contributed by atoms with van der Waals surface area (Å²) < 4.78 is 0. The molecule has 0 spiro atoms. The lowest BCUT2D eigenvalue weighted by Crippen LogP contribution is -2.49. The zero-order chi connectivity index (χ0) is 14.4. The first-order chi connectivity index (χ1) is 10.3. The van der Waals surface area contributed by atoms with Gasteiger partial charge in [0.2, 0.25) is 0 Å². The molecule has 2 aromatic rings. The van der Waals surface area contributed by atoms with Gasteiger partial charge in [-0.15, -0.1) is 0 Å². The zero-order valence-electron chi connectivity index (χ0n) is 11.3. The molecular formula is C16H13B2NO2. The topological polar surface area (TPSA) is 43.7 Å². The summed E-state index contributed by atoms with van der Waals surface area (Å²) in [4.78, 5) is 2.17.